The van der Waals surface area contributed by atoms with Crippen LogP contribution in [0.25, 0.3) is 105 Å². The molecule has 0 aliphatic rings. The molecule has 0 amide bonds. The predicted octanol–water partition coefficient (Wildman–Crippen LogP) is 18.9. The first-order valence-electron chi connectivity index (χ1n) is 24.1. The minimum Gasteiger partial charge on any atom is -0.310 e. The zero-order valence-electron chi connectivity index (χ0n) is 38.5. The van der Waals surface area contributed by atoms with Crippen molar-refractivity contribution in [1.29, 1.82) is 0 Å². The van der Waals surface area contributed by atoms with E-state index in [1.54, 1.807) is 0 Å². The quantitative estimate of drug-likeness (QED) is 0.131. The van der Waals surface area contributed by atoms with Crippen molar-refractivity contribution in [3.63, 3.8) is 0 Å². The molecule has 0 radical (unpaired) electrons. The van der Waals surface area contributed by atoms with E-state index in [1.165, 1.54) is 82.3 Å². The molecule has 0 aliphatic heterocycles. The summed E-state index contributed by atoms with van der Waals surface area (Å²) in [5.74, 6) is 0. The average molecular weight is 891 g/mol. The van der Waals surface area contributed by atoms with Gasteiger partial charge in [0.25, 0.3) is 0 Å². The number of hydrogen-bond donors (Lipinski definition) is 0. The first kappa shape index (κ1) is 41.0. The van der Waals surface area contributed by atoms with Crippen LogP contribution in [0.1, 0.15) is 0 Å². The molecule has 2 nitrogen and oxygen atoms in total. The van der Waals surface area contributed by atoms with Gasteiger partial charge in [0, 0.05) is 33.2 Å². The van der Waals surface area contributed by atoms with Gasteiger partial charge in [-0.2, -0.15) is 0 Å². The van der Waals surface area contributed by atoms with Crippen molar-refractivity contribution in [3.8, 4) is 61.3 Å². The van der Waals surface area contributed by atoms with E-state index in [0.717, 1.165) is 39.4 Å². The molecule has 328 valence electrons. The van der Waals surface area contributed by atoms with Gasteiger partial charge >= 0.3 is 0 Å². The Kier molecular flexibility index (Phi) is 10.2. The fourth-order valence-corrected chi connectivity index (χ4v) is 10.6. The molecule has 0 aliphatic carbocycles. The molecule has 0 spiro atoms. The molecular weight excluding hydrogens is 845 g/mol. The van der Waals surface area contributed by atoms with Crippen molar-refractivity contribution >= 4 is 60.4 Å². The summed E-state index contributed by atoms with van der Waals surface area (Å²) in [4.78, 5) is 2.45. The van der Waals surface area contributed by atoms with Gasteiger partial charge in [-0.3, -0.25) is 0 Å². The van der Waals surface area contributed by atoms with E-state index >= 15 is 0 Å². The predicted molar refractivity (Wildman–Crippen MR) is 298 cm³/mol. The van der Waals surface area contributed by atoms with Crippen LogP contribution in [0.4, 0.5) is 17.1 Å². The SMILES string of the molecule is c1ccc(-c2cc(-c3ccccc3)cc(-c3ccc(N(c4cccc(-c5cccc(-c6cccc7c6c6ccccc6n7-c6ccccc6)c5)c4)c4cc5ccccc5c5ccccc45)cc3)c2)cc1. The van der Waals surface area contributed by atoms with E-state index in [-0.39, 0.29) is 0 Å². The number of benzene rings is 12. The number of para-hydroxylation sites is 2. The maximum atomic E-state index is 2.45. The highest BCUT2D eigenvalue weighted by atomic mass is 15.1. The van der Waals surface area contributed by atoms with E-state index in [1.807, 2.05) is 0 Å². The molecule has 0 atom stereocenters. The number of fused-ring (bicyclic) bond motifs is 6. The molecule has 70 heavy (non-hydrogen) atoms. The standard InChI is InChI=1S/C68H46N2/c1-4-19-47(20-5-1)54-42-55(48-21-6-2-7-22-48)44-56(43-54)49-37-39-58(40-38-49)69(67-46-53-23-10-11-30-60(53)62-31-12-13-32-63(62)67)59-29-17-25-51(45-59)50-24-16-26-52(41-50)61-34-18-36-66-68(61)64-33-14-15-35-65(64)70(66)57-27-8-3-9-28-57/h1-46H. The number of anilines is 3. The normalized spacial score (nSPS) is 11.4. The number of nitrogens with zero attached hydrogens (tertiary/aromatic N) is 2. The third-order valence-corrected chi connectivity index (χ3v) is 13.9. The Labute approximate surface area is 408 Å². The van der Waals surface area contributed by atoms with Gasteiger partial charge in [0.15, 0.2) is 0 Å². The van der Waals surface area contributed by atoms with E-state index in [0.29, 0.717) is 0 Å². The molecule has 0 unspecified atom stereocenters. The first-order valence-corrected chi connectivity index (χ1v) is 24.1. The lowest BCUT2D eigenvalue weighted by molar-refractivity contribution is 1.18. The highest BCUT2D eigenvalue weighted by Crippen LogP contribution is 2.45. The molecular formula is C68H46N2. The van der Waals surface area contributed by atoms with E-state index in [2.05, 4.69) is 289 Å². The molecule has 12 aromatic carbocycles. The van der Waals surface area contributed by atoms with Crippen LogP contribution in [0.2, 0.25) is 0 Å². The maximum Gasteiger partial charge on any atom is 0.0547 e. The molecule has 13 aromatic rings. The van der Waals surface area contributed by atoms with Gasteiger partial charge in [0.2, 0.25) is 0 Å². The lowest BCUT2D eigenvalue weighted by Gasteiger charge is -2.28. The Bertz CT molecular complexity index is 3980. The van der Waals surface area contributed by atoms with Gasteiger partial charge in [-0.15, -0.1) is 0 Å². The van der Waals surface area contributed by atoms with Crippen LogP contribution in [0.15, 0.2) is 279 Å². The van der Waals surface area contributed by atoms with Gasteiger partial charge in [-0.1, -0.05) is 200 Å². The smallest absolute Gasteiger partial charge is 0.0547 e. The third kappa shape index (κ3) is 7.31. The molecule has 0 saturated carbocycles. The summed E-state index contributed by atoms with van der Waals surface area (Å²) in [5.41, 5.74) is 18.7. The summed E-state index contributed by atoms with van der Waals surface area (Å²) in [5, 5.41) is 7.38. The lowest BCUT2D eigenvalue weighted by Crippen LogP contribution is -2.10. The zero-order valence-corrected chi connectivity index (χ0v) is 38.5. The second kappa shape index (κ2) is 17.4. The highest BCUT2D eigenvalue weighted by molar-refractivity contribution is 6.16. The summed E-state index contributed by atoms with van der Waals surface area (Å²) >= 11 is 0. The summed E-state index contributed by atoms with van der Waals surface area (Å²) in [6.45, 7) is 0. The average Bonchev–Trinajstić information content (AvgIpc) is 3.79. The van der Waals surface area contributed by atoms with Gasteiger partial charge in [-0.05, 0) is 151 Å². The van der Waals surface area contributed by atoms with Crippen LogP contribution in [-0.4, -0.2) is 4.57 Å². The summed E-state index contributed by atoms with van der Waals surface area (Å²) < 4.78 is 2.39. The summed E-state index contributed by atoms with van der Waals surface area (Å²) in [7, 11) is 0. The van der Waals surface area contributed by atoms with E-state index in [4.69, 9.17) is 0 Å². The molecule has 1 heterocycles. The number of rotatable bonds is 9. The summed E-state index contributed by atoms with van der Waals surface area (Å²) in [6.07, 6.45) is 0. The topological polar surface area (TPSA) is 8.17 Å². The molecule has 0 saturated heterocycles. The highest BCUT2D eigenvalue weighted by Gasteiger charge is 2.20. The minimum atomic E-state index is 1.08. The maximum absolute atomic E-state index is 2.45. The van der Waals surface area contributed by atoms with Gasteiger partial charge < -0.3 is 9.47 Å². The van der Waals surface area contributed by atoms with Crippen molar-refractivity contribution in [2.24, 2.45) is 0 Å². The Morgan fingerprint density at radius 2 is 0.743 bits per heavy atom. The number of hydrogen-bond acceptors (Lipinski definition) is 1. The van der Waals surface area contributed by atoms with Crippen LogP contribution in [0.5, 0.6) is 0 Å². The molecule has 2 heteroatoms. The fourth-order valence-electron chi connectivity index (χ4n) is 10.6. The molecule has 0 N–H and O–H groups in total. The lowest BCUT2D eigenvalue weighted by atomic mass is 9.93. The zero-order chi connectivity index (χ0) is 46.4. The van der Waals surface area contributed by atoms with Crippen LogP contribution in [-0.2, 0) is 0 Å². The first-order chi connectivity index (χ1) is 34.7. The van der Waals surface area contributed by atoms with Crippen molar-refractivity contribution in [3.05, 3.63) is 279 Å². The van der Waals surface area contributed by atoms with E-state index in [9.17, 15) is 0 Å². The largest absolute Gasteiger partial charge is 0.310 e. The van der Waals surface area contributed by atoms with Crippen LogP contribution in [0.3, 0.4) is 0 Å². The van der Waals surface area contributed by atoms with Crippen LogP contribution >= 0.6 is 0 Å². The Balaban J connectivity index is 0.948. The fraction of sp³-hybridized carbons (Fsp3) is 0. The van der Waals surface area contributed by atoms with Crippen LogP contribution < -0.4 is 4.90 Å². The van der Waals surface area contributed by atoms with Crippen molar-refractivity contribution in [1.82, 2.24) is 4.57 Å². The second-order valence-electron chi connectivity index (χ2n) is 18.1. The third-order valence-electron chi connectivity index (χ3n) is 13.9. The minimum absolute atomic E-state index is 1.08. The number of aromatic nitrogens is 1. The van der Waals surface area contributed by atoms with Crippen molar-refractivity contribution in [2.75, 3.05) is 4.90 Å². The Hall–Kier alpha value is -9.24. The Morgan fingerprint density at radius 1 is 0.257 bits per heavy atom. The van der Waals surface area contributed by atoms with Crippen molar-refractivity contribution in [2.45, 2.75) is 0 Å². The molecule has 1 aromatic heterocycles. The monoisotopic (exact) mass is 890 g/mol. The van der Waals surface area contributed by atoms with Gasteiger partial charge in [0.05, 0.1) is 16.7 Å². The van der Waals surface area contributed by atoms with Crippen molar-refractivity contribution < 1.29 is 0 Å². The van der Waals surface area contributed by atoms with E-state index < -0.39 is 0 Å². The molecule has 13 rings (SSSR count). The van der Waals surface area contributed by atoms with Gasteiger partial charge in [0.1, 0.15) is 0 Å². The summed E-state index contributed by atoms with van der Waals surface area (Å²) in [6, 6.07) is 102. The second-order valence-corrected chi connectivity index (χ2v) is 18.1. The molecule has 0 bridgehead atoms. The Morgan fingerprint density at radius 3 is 1.44 bits per heavy atom. The molecule has 0 fully saturated rings. The van der Waals surface area contributed by atoms with Crippen LogP contribution in [0, 0.1) is 0 Å². The van der Waals surface area contributed by atoms with Gasteiger partial charge in [-0.25, -0.2) is 0 Å².